The first-order chi connectivity index (χ1) is 37.4. The maximum atomic E-state index is 14.5. The largest absolute Gasteiger partial charge is 0.385 e. The molecule has 2 unspecified atom stereocenters. The van der Waals surface area contributed by atoms with Crippen LogP contribution in [0.4, 0.5) is 0 Å². The van der Waals surface area contributed by atoms with Crippen LogP contribution in [0.25, 0.3) is 86.2 Å². The lowest BCUT2D eigenvalue weighted by Gasteiger charge is -2.34. The number of rotatable bonds is 14. The molecule has 0 saturated heterocycles. The molecular formula is C62H46N4O11. The molecule has 2 atom stereocenters. The van der Waals surface area contributed by atoms with Crippen molar-refractivity contribution in [3.05, 3.63) is 142 Å². The van der Waals surface area contributed by atoms with E-state index in [-0.39, 0.29) is 49.9 Å². The van der Waals surface area contributed by atoms with Crippen LogP contribution in [0, 0.1) is 0 Å². The van der Waals surface area contributed by atoms with Crippen LogP contribution in [-0.4, -0.2) is 133 Å². The van der Waals surface area contributed by atoms with E-state index in [4.69, 9.17) is 14.2 Å². The van der Waals surface area contributed by atoms with Gasteiger partial charge in [-0.1, -0.05) is 48.5 Å². The molecule has 4 aliphatic rings. The van der Waals surface area contributed by atoms with E-state index in [9.17, 15) is 38.4 Å². The topological polar surface area (TPSA) is 177 Å². The van der Waals surface area contributed by atoms with Gasteiger partial charge in [0, 0.05) is 107 Å². The van der Waals surface area contributed by atoms with Crippen molar-refractivity contribution in [2.75, 3.05) is 53.7 Å². The van der Waals surface area contributed by atoms with Gasteiger partial charge in [0.25, 0.3) is 47.3 Å². The highest BCUT2D eigenvalue weighted by atomic mass is 16.5. The lowest BCUT2D eigenvalue weighted by Crippen LogP contribution is -2.49. The van der Waals surface area contributed by atoms with Gasteiger partial charge >= 0.3 is 0 Å². The number of imide groups is 4. The van der Waals surface area contributed by atoms with Crippen LogP contribution < -0.4 is 0 Å². The van der Waals surface area contributed by atoms with Crippen molar-refractivity contribution in [2.24, 2.45) is 0 Å². The Kier molecular flexibility index (Phi) is 10.2. The van der Waals surface area contributed by atoms with Crippen LogP contribution in [0.3, 0.4) is 0 Å². The van der Waals surface area contributed by atoms with E-state index in [2.05, 4.69) is 0 Å². The predicted molar refractivity (Wildman–Crippen MR) is 290 cm³/mol. The fraction of sp³-hybridized carbons (Fsp3) is 0.226. The summed E-state index contributed by atoms with van der Waals surface area (Å²) in [6.45, 7) is 4.57. The quantitative estimate of drug-likeness (QED) is 0.0439. The fourth-order valence-electron chi connectivity index (χ4n) is 13.2. The molecular weight excluding hydrogens is 977 g/mol. The first-order valence-corrected chi connectivity index (χ1v) is 25.8. The molecule has 0 N–H and O–H groups in total. The molecule has 77 heavy (non-hydrogen) atoms. The Morgan fingerprint density at radius 1 is 0.325 bits per heavy atom. The number of amides is 8. The van der Waals surface area contributed by atoms with Crippen molar-refractivity contribution >= 4 is 133 Å². The van der Waals surface area contributed by atoms with E-state index in [0.717, 1.165) is 64.6 Å². The monoisotopic (exact) mass is 1020 g/mol. The lowest BCUT2D eigenvalue weighted by molar-refractivity contribution is 0.0235. The molecule has 10 aromatic carbocycles. The fourth-order valence-corrected chi connectivity index (χ4v) is 13.2. The molecule has 15 heteroatoms. The standard InChI is InChI=1S/C62H46N4O11/c1-29(65-59(71)43-19-11-35-31-7-15-39-51-40(56(68)63(55(39)67)23-5-25-75-3)16-8-32(47(31)51)36-12-20-44(60(65)72)53(43)49(35)36)27-77-28-30(2)66-61(73)45-21-13-37-33-9-17-41-52-42(58(70)64(57(41)69)24-6-26-76-4)18-10-34(48(33)52)38-14-22-46(62(66)74)54(45)50(37)38/h7-22,29-30H,5-6,23-28H2,1-4H3. The Bertz CT molecular complexity index is 3910. The number of hydrogen-bond donors (Lipinski definition) is 0. The van der Waals surface area contributed by atoms with E-state index in [1.165, 1.54) is 19.6 Å². The number of carbonyl (C=O) groups is 8. The van der Waals surface area contributed by atoms with E-state index in [1.54, 1.807) is 76.6 Å². The van der Waals surface area contributed by atoms with Crippen LogP contribution in [0.2, 0.25) is 0 Å². The zero-order valence-corrected chi connectivity index (χ0v) is 42.3. The van der Waals surface area contributed by atoms with Gasteiger partial charge in [-0.25, -0.2) is 0 Å². The van der Waals surface area contributed by atoms with Gasteiger partial charge in [0.15, 0.2) is 0 Å². The molecule has 0 aromatic heterocycles. The van der Waals surface area contributed by atoms with Crippen molar-refractivity contribution < 1.29 is 52.6 Å². The first-order valence-electron chi connectivity index (χ1n) is 25.8. The second-order valence-electron chi connectivity index (χ2n) is 20.7. The number of ether oxygens (including phenoxy) is 3. The van der Waals surface area contributed by atoms with Crippen LogP contribution in [-0.2, 0) is 14.2 Å². The van der Waals surface area contributed by atoms with Gasteiger partial charge in [0.2, 0.25) is 0 Å². The molecule has 0 spiro atoms. The maximum absolute atomic E-state index is 14.5. The van der Waals surface area contributed by atoms with Crippen LogP contribution in [0.1, 0.15) is 110 Å². The van der Waals surface area contributed by atoms with E-state index < -0.39 is 35.7 Å². The van der Waals surface area contributed by atoms with E-state index in [0.29, 0.717) is 92.1 Å². The summed E-state index contributed by atoms with van der Waals surface area (Å²) < 4.78 is 16.6. The molecule has 0 saturated carbocycles. The smallest absolute Gasteiger partial charge is 0.261 e. The second kappa shape index (κ2) is 16.9. The Morgan fingerprint density at radius 3 is 0.766 bits per heavy atom. The molecule has 4 aliphatic heterocycles. The van der Waals surface area contributed by atoms with Crippen LogP contribution in [0.15, 0.2) is 97.1 Å². The third-order valence-corrected chi connectivity index (χ3v) is 16.6. The Hall–Kier alpha value is -8.76. The molecule has 0 aliphatic carbocycles. The molecule has 15 nitrogen and oxygen atoms in total. The summed E-state index contributed by atoms with van der Waals surface area (Å²) >= 11 is 0. The summed E-state index contributed by atoms with van der Waals surface area (Å²) in [6.07, 6.45) is 1.02. The minimum atomic E-state index is -0.743. The highest BCUT2D eigenvalue weighted by Crippen LogP contribution is 2.49. The molecule has 0 fully saturated rings. The molecule has 4 heterocycles. The molecule has 14 rings (SSSR count). The Morgan fingerprint density at radius 2 is 0.545 bits per heavy atom. The van der Waals surface area contributed by atoms with Crippen LogP contribution >= 0.6 is 0 Å². The average molecular weight is 1020 g/mol. The van der Waals surface area contributed by atoms with Crippen molar-refractivity contribution in [3.8, 4) is 0 Å². The number of benzene rings is 10. The molecule has 10 aromatic rings. The van der Waals surface area contributed by atoms with Crippen molar-refractivity contribution in [3.63, 3.8) is 0 Å². The third-order valence-electron chi connectivity index (χ3n) is 16.6. The van der Waals surface area contributed by atoms with Gasteiger partial charge in [0.05, 0.1) is 25.3 Å². The predicted octanol–water partition coefficient (Wildman–Crippen LogP) is 9.74. The zero-order valence-electron chi connectivity index (χ0n) is 42.3. The summed E-state index contributed by atoms with van der Waals surface area (Å²) in [5, 5.41) is 11.6. The van der Waals surface area contributed by atoms with Gasteiger partial charge < -0.3 is 14.2 Å². The summed E-state index contributed by atoms with van der Waals surface area (Å²) in [5.74, 6) is -3.39. The number of hydrogen-bond acceptors (Lipinski definition) is 11. The van der Waals surface area contributed by atoms with Gasteiger partial charge in [-0.15, -0.1) is 0 Å². The lowest BCUT2D eigenvalue weighted by atomic mass is 9.82. The summed E-state index contributed by atoms with van der Waals surface area (Å²) in [7, 11) is 3.15. The Balaban J connectivity index is 0.728. The normalized spacial score (nSPS) is 16.4. The highest BCUT2D eigenvalue weighted by Gasteiger charge is 2.41. The number of fused-ring (bicyclic) bond motifs is 4. The maximum Gasteiger partial charge on any atom is 0.261 e. The third kappa shape index (κ3) is 6.18. The van der Waals surface area contributed by atoms with Gasteiger partial charge in [-0.05, 0) is 140 Å². The zero-order chi connectivity index (χ0) is 53.0. The van der Waals surface area contributed by atoms with Crippen LogP contribution in [0.5, 0.6) is 0 Å². The summed E-state index contributed by atoms with van der Waals surface area (Å²) in [5.41, 5.74) is 3.17. The summed E-state index contributed by atoms with van der Waals surface area (Å²) in [4.78, 5) is 118. The van der Waals surface area contributed by atoms with Gasteiger partial charge in [-0.3, -0.25) is 58.0 Å². The minimum Gasteiger partial charge on any atom is -0.385 e. The Labute approximate surface area is 438 Å². The minimum absolute atomic E-state index is 0.0791. The van der Waals surface area contributed by atoms with E-state index in [1.807, 2.05) is 48.5 Å². The average Bonchev–Trinajstić information content (AvgIpc) is 3.51. The van der Waals surface area contributed by atoms with Crippen molar-refractivity contribution in [2.45, 2.75) is 38.8 Å². The molecule has 380 valence electrons. The van der Waals surface area contributed by atoms with Gasteiger partial charge in [-0.2, -0.15) is 0 Å². The number of carbonyl (C=O) groups excluding carboxylic acids is 8. The van der Waals surface area contributed by atoms with Crippen molar-refractivity contribution in [1.29, 1.82) is 0 Å². The number of nitrogens with zero attached hydrogens (tertiary/aromatic N) is 4. The number of methoxy groups -OCH3 is 2. The second-order valence-corrected chi connectivity index (χ2v) is 20.7. The molecule has 0 radical (unpaired) electrons. The first kappa shape index (κ1) is 46.7. The highest BCUT2D eigenvalue weighted by molar-refractivity contribution is 6.43. The van der Waals surface area contributed by atoms with Crippen molar-refractivity contribution in [1.82, 2.24) is 19.6 Å². The molecule has 0 bridgehead atoms. The summed E-state index contributed by atoms with van der Waals surface area (Å²) in [6, 6.07) is 27.4. The SMILES string of the molecule is COCCCN1C(=O)c2ccc3c4ccc5c6c(ccc(c7ccc(c2c37)C1=O)c64)C(=O)N(C(C)COCC(C)N1C(=O)c2ccc3c4ccc6c7c(ccc(c8ccc(c2c38)C1=O)c74)C(=O)N(CCCOC)C6=O)C5=O. The van der Waals surface area contributed by atoms with E-state index >= 15 is 0 Å². The van der Waals surface area contributed by atoms with Gasteiger partial charge in [0.1, 0.15) is 0 Å². The molecule has 8 amide bonds.